The van der Waals surface area contributed by atoms with Crippen LogP contribution in [0.4, 0.5) is 8.78 Å². The Hall–Kier alpha value is -1.29. The zero-order valence-corrected chi connectivity index (χ0v) is 8.66. The topological polar surface area (TPSA) is 26.3 Å². The van der Waals surface area contributed by atoms with Crippen LogP contribution in [-0.2, 0) is 4.74 Å². The molecule has 2 rings (SSSR count). The largest absolute Gasteiger partial charge is 0.364 e. The van der Waals surface area contributed by atoms with Gasteiger partial charge in [0.2, 0.25) is 0 Å². The van der Waals surface area contributed by atoms with Crippen LogP contribution in [0.5, 0.6) is 0 Å². The van der Waals surface area contributed by atoms with Gasteiger partial charge in [-0.15, -0.1) is 0 Å². The van der Waals surface area contributed by atoms with Crippen LogP contribution in [0.2, 0.25) is 0 Å². The highest BCUT2D eigenvalue weighted by molar-refractivity contribution is 5.99. The van der Waals surface area contributed by atoms with Gasteiger partial charge >= 0.3 is 0 Å². The van der Waals surface area contributed by atoms with Crippen molar-refractivity contribution in [3.8, 4) is 0 Å². The molecule has 0 N–H and O–H groups in total. The van der Waals surface area contributed by atoms with Crippen molar-refractivity contribution in [3.63, 3.8) is 0 Å². The number of halogens is 2. The minimum absolute atomic E-state index is 0.0841. The van der Waals surface area contributed by atoms with E-state index in [1.54, 1.807) is 30.3 Å². The molecule has 0 aromatic heterocycles. The van der Waals surface area contributed by atoms with Crippen LogP contribution in [0.25, 0.3) is 0 Å². The summed E-state index contributed by atoms with van der Waals surface area (Å²) in [5, 5.41) is 0. The van der Waals surface area contributed by atoms with Crippen molar-refractivity contribution in [1.29, 1.82) is 0 Å². The van der Waals surface area contributed by atoms with Crippen LogP contribution in [0.15, 0.2) is 30.3 Å². The summed E-state index contributed by atoms with van der Waals surface area (Å²) in [6.07, 6.45) is -0.918. The van der Waals surface area contributed by atoms with Gasteiger partial charge in [-0.05, 0) is 6.42 Å². The predicted molar refractivity (Wildman–Crippen MR) is 54.7 cm³/mol. The summed E-state index contributed by atoms with van der Waals surface area (Å²) in [5.41, 5.74) is 0.512. The molecule has 0 aliphatic carbocycles. The summed E-state index contributed by atoms with van der Waals surface area (Å²) < 4.78 is 30.5. The smallest absolute Gasteiger partial charge is 0.271 e. The Kier molecular flexibility index (Phi) is 3.01. The van der Waals surface area contributed by atoms with Crippen LogP contribution in [0.3, 0.4) is 0 Å². The minimum atomic E-state index is -2.78. The lowest BCUT2D eigenvalue weighted by molar-refractivity contribution is -0.132. The van der Waals surface area contributed by atoms with E-state index in [0.717, 1.165) is 0 Å². The highest BCUT2D eigenvalue weighted by Gasteiger charge is 2.38. The number of rotatable bonds is 2. The van der Waals surface area contributed by atoms with Gasteiger partial charge in [-0.3, -0.25) is 4.79 Å². The first-order valence-electron chi connectivity index (χ1n) is 5.17. The number of ketones is 1. The molecular weight excluding hydrogens is 214 g/mol. The molecule has 4 heteroatoms. The van der Waals surface area contributed by atoms with E-state index in [0.29, 0.717) is 5.56 Å². The molecule has 0 radical (unpaired) electrons. The molecule has 86 valence electrons. The Bertz CT molecular complexity index is 366. The molecule has 1 unspecified atom stereocenters. The number of hydrogen-bond donors (Lipinski definition) is 0. The highest BCUT2D eigenvalue weighted by atomic mass is 19.3. The fraction of sp³-hybridized carbons (Fsp3) is 0.417. The van der Waals surface area contributed by atoms with E-state index in [4.69, 9.17) is 4.74 Å². The number of alkyl halides is 2. The molecule has 1 heterocycles. The summed E-state index contributed by atoms with van der Waals surface area (Å²) in [6, 6.07) is 8.61. The molecule has 0 saturated carbocycles. The van der Waals surface area contributed by atoms with Crippen molar-refractivity contribution in [3.05, 3.63) is 35.9 Å². The molecule has 1 aliphatic heterocycles. The first kappa shape index (κ1) is 11.2. The number of Topliss-reactive ketones (excluding diaryl/α,β-unsaturated/α-hetero) is 1. The predicted octanol–water partition coefficient (Wildman–Crippen LogP) is 2.68. The van der Waals surface area contributed by atoms with E-state index in [9.17, 15) is 13.6 Å². The van der Waals surface area contributed by atoms with Crippen LogP contribution in [-0.4, -0.2) is 24.4 Å². The molecule has 1 saturated heterocycles. The van der Waals surface area contributed by atoms with Crippen molar-refractivity contribution in [2.24, 2.45) is 0 Å². The summed E-state index contributed by atoms with van der Waals surface area (Å²) in [4.78, 5) is 11.8. The lowest BCUT2D eigenvalue weighted by atomic mass is 9.98. The molecular formula is C12H12F2O2. The van der Waals surface area contributed by atoms with Crippen molar-refractivity contribution in [2.45, 2.75) is 24.9 Å². The third kappa shape index (κ3) is 2.44. The molecule has 1 aliphatic rings. The van der Waals surface area contributed by atoms with Gasteiger partial charge in [0.1, 0.15) is 12.7 Å². The van der Waals surface area contributed by atoms with Gasteiger partial charge in [0.25, 0.3) is 5.92 Å². The SMILES string of the molecule is O=C(c1ccccc1)C1CCC(F)(F)CO1. The summed E-state index contributed by atoms with van der Waals surface area (Å²) in [7, 11) is 0. The molecule has 0 amide bonds. The molecule has 0 spiro atoms. The molecule has 1 aromatic carbocycles. The second-order valence-corrected chi connectivity index (χ2v) is 3.92. The average Bonchev–Trinajstić information content (AvgIpc) is 2.29. The van der Waals surface area contributed by atoms with Crippen LogP contribution in [0.1, 0.15) is 23.2 Å². The standard InChI is InChI=1S/C12H12F2O2/c13-12(14)7-6-10(16-8-12)11(15)9-4-2-1-3-5-9/h1-5,10H,6-8H2. The Morgan fingerprint density at radius 2 is 2.00 bits per heavy atom. The average molecular weight is 226 g/mol. The molecule has 0 bridgehead atoms. The van der Waals surface area contributed by atoms with E-state index >= 15 is 0 Å². The summed E-state index contributed by atoms with van der Waals surface area (Å²) in [6.45, 7) is -0.657. The Morgan fingerprint density at radius 3 is 2.56 bits per heavy atom. The monoisotopic (exact) mass is 226 g/mol. The maximum Gasteiger partial charge on any atom is 0.271 e. The zero-order chi connectivity index (χ0) is 11.6. The lowest BCUT2D eigenvalue weighted by Gasteiger charge is -2.27. The van der Waals surface area contributed by atoms with E-state index in [-0.39, 0.29) is 18.6 Å². The van der Waals surface area contributed by atoms with Gasteiger partial charge in [0.15, 0.2) is 5.78 Å². The van der Waals surface area contributed by atoms with Gasteiger partial charge in [0, 0.05) is 12.0 Å². The third-order valence-electron chi connectivity index (χ3n) is 2.62. The number of carbonyl (C=O) groups excluding carboxylic acids is 1. The number of benzene rings is 1. The van der Waals surface area contributed by atoms with Crippen LogP contribution in [0, 0.1) is 0 Å². The minimum Gasteiger partial charge on any atom is -0.364 e. The first-order chi connectivity index (χ1) is 7.58. The van der Waals surface area contributed by atoms with Crippen molar-refractivity contribution in [1.82, 2.24) is 0 Å². The highest BCUT2D eigenvalue weighted by Crippen LogP contribution is 2.29. The van der Waals surface area contributed by atoms with Crippen molar-refractivity contribution < 1.29 is 18.3 Å². The van der Waals surface area contributed by atoms with E-state index in [2.05, 4.69) is 0 Å². The fourth-order valence-electron chi connectivity index (χ4n) is 1.72. The van der Waals surface area contributed by atoms with Gasteiger partial charge in [0.05, 0.1) is 0 Å². The quantitative estimate of drug-likeness (QED) is 0.725. The normalized spacial score (nSPS) is 24.0. The van der Waals surface area contributed by atoms with Gasteiger partial charge in [-0.25, -0.2) is 8.78 Å². The second-order valence-electron chi connectivity index (χ2n) is 3.92. The number of carbonyl (C=O) groups is 1. The maximum absolute atomic E-state index is 12.8. The summed E-state index contributed by atoms with van der Waals surface area (Å²) >= 11 is 0. The fourth-order valence-corrected chi connectivity index (χ4v) is 1.72. The summed E-state index contributed by atoms with van der Waals surface area (Å²) in [5.74, 6) is -3.00. The molecule has 1 fully saturated rings. The molecule has 1 aromatic rings. The Labute approximate surface area is 92.2 Å². The van der Waals surface area contributed by atoms with Gasteiger partial charge < -0.3 is 4.74 Å². The van der Waals surface area contributed by atoms with E-state index < -0.39 is 18.6 Å². The van der Waals surface area contributed by atoms with Crippen LogP contribution >= 0.6 is 0 Å². The Morgan fingerprint density at radius 1 is 1.31 bits per heavy atom. The molecule has 16 heavy (non-hydrogen) atoms. The molecule has 1 atom stereocenters. The molecule has 2 nitrogen and oxygen atoms in total. The van der Waals surface area contributed by atoms with E-state index in [1.807, 2.05) is 0 Å². The first-order valence-corrected chi connectivity index (χ1v) is 5.17. The van der Waals surface area contributed by atoms with Crippen LogP contribution < -0.4 is 0 Å². The number of hydrogen-bond acceptors (Lipinski definition) is 2. The lowest BCUT2D eigenvalue weighted by Crippen LogP contribution is -2.38. The third-order valence-corrected chi connectivity index (χ3v) is 2.62. The van der Waals surface area contributed by atoms with Gasteiger partial charge in [-0.1, -0.05) is 30.3 Å². The number of ether oxygens (including phenoxy) is 1. The van der Waals surface area contributed by atoms with E-state index in [1.165, 1.54) is 0 Å². The van der Waals surface area contributed by atoms with Crippen molar-refractivity contribution in [2.75, 3.05) is 6.61 Å². The zero-order valence-electron chi connectivity index (χ0n) is 8.66. The van der Waals surface area contributed by atoms with Crippen molar-refractivity contribution >= 4 is 5.78 Å². The van der Waals surface area contributed by atoms with Gasteiger partial charge in [-0.2, -0.15) is 0 Å². The maximum atomic E-state index is 12.8. The second kappa shape index (κ2) is 4.29. The Balaban J connectivity index is 2.03.